The number of nitrogens with zero attached hydrogens (tertiary/aromatic N) is 2. The van der Waals surface area contributed by atoms with Gasteiger partial charge in [-0.3, -0.25) is 19.4 Å². The number of aromatic nitrogens is 2. The minimum atomic E-state index is -0.851. The molecule has 3 N–H and O–H groups in total. The highest BCUT2D eigenvalue weighted by atomic mass is 16.5. The van der Waals surface area contributed by atoms with E-state index in [2.05, 4.69) is 25.9 Å². The van der Waals surface area contributed by atoms with E-state index in [0.717, 1.165) is 5.56 Å². The Morgan fingerprint density at radius 1 is 0.914 bits per heavy atom. The van der Waals surface area contributed by atoms with Crippen LogP contribution in [0.25, 0.3) is 11.3 Å². The third-order valence-corrected chi connectivity index (χ3v) is 4.94. The summed E-state index contributed by atoms with van der Waals surface area (Å²) in [6.07, 6.45) is 5.93. The molecule has 3 amide bonds. The highest BCUT2D eigenvalue weighted by Gasteiger charge is 2.16. The molecule has 176 valence electrons. The fourth-order valence-corrected chi connectivity index (χ4v) is 3.24. The lowest BCUT2D eigenvalue weighted by Gasteiger charge is -2.11. The van der Waals surface area contributed by atoms with Crippen LogP contribution in [0.3, 0.4) is 0 Å². The number of rotatable bonds is 7. The van der Waals surface area contributed by atoms with Gasteiger partial charge in [0.1, 0.15) is 5.75 Å². The molecule has 0 aliphatic heterocycles. The number of carbonyl (C=O) groups is 3. The number of hydrogen-bond acceptors (Lipinski definition) is 7. The molecule has 0 radical (unpaired) electrons. The Balaban J connectivity index is 1.35. The Morgan fingerprint density at radius 2 is 1.66 bits per heavy atom. The Kier molecular flexibility index (Phi) is 7.12. The number of carbonyl (C=O) groups excluding carboxylic acids is 3. The molecule has 4 rings (SSSR count). The molecule has 2 aromatic heterocycles. The van der Waals surface area contributed by atoms with Crippen LogP contribution in [0.15, 0.2) is 84.0 Å². The first kappa shape index (κ1) is 23.2. The van der Waals surface area contributed by atoms with Crippen molar-refractivity contribution < 1.29 is 23.5 Å². The minimum absolute atomic E-state index is 0.244. The second-order valence-electron chi connectivity index (χ2n) is 7.31. The van der Waals surface area contributed by atoms with Crippen molar-refractivity contribution in [3.8, 4) is 17.1 Å². The van der Waals surface area contributed by atoms with Gasteiger partial charge in [-0.25, -0.2) is 4.98 Å². The van der Waals surface area contributed by atoms with E-state index in [-0.39, 0.29) is 12.5 Å². The summed E-state index contributed by atoms with van der Waals surface area (Å²) in [7, 11) is 1.49. The van der Waals surface area contributed by atoms with Crippen molar-refractivity contribution in [3.05, 3.63) is 90.7 Å². The predicted octanol–water partition coefficient (Wildman–Crippen LogP) is 3.25. The molecule has 2 heterocycles. The van der Waals surface area contributed by atoms with Gasteiger partial charge in [-0.1, -0.05) is 12.1 Å². The van der Waals surface area contributed by atoms with E-state index in [1.165, 1.54) is 25.9 Å². The van der Waals surface area contributed by atoms with E-state index < -0.39 is 11.8 Å². The molecular weight excluding hydrogens is 450 g/mol. The van der Waals surface area contributed by atoms with Crippen molar-refractivity contribution in [1.82, 2.24) is 15.3 Å². The quantitative estimate of drug-likeness (QED) is 0.352. The van der Waals surface area contributed by atoms with Crippen LogP contribution in [0.4, 0.5) is 11.4 Å². The summed E-state index contributed by atoms with van der Waals surface area (Å²) in [5.74, 6) is -0.987. The van der Waals surface area contributed by atoms with Crippen molar-refractivity contribution in [2.45, 2.75) is 6.54 Å². The van der Waals surface area contributed by atoms with E-state index >= 15 is 0 Å². The van der Waals surface area contributed by atoms with Crippen LogP contribution in [0.5, 0.6) is 5.75 Å². The standard InChI is InChI=1S/C25H21N5O5/c1-34-21-12-19(5-6-20(21)22-14-27-15-35-22)30-25(33)24(32)29-18-4-2-3-16(11-18)13-28-23(31)17-7-9-26-10-8-17/h2-12,14-15H,13H2,1H3,(H,28,31)(H,29,32)(H,30,33). The zero-order chi connectivity index (χ0) is 24.6. The predicted molar refractivity (Wildman–Crippen MR) is 128 cm³/mol. The molecule has 10 nitrogen and oxygen atoms in total. The fourth-order valence-electron chi connectivity index (χ4n) is 3.24. The van der Waals surface area contributed by atoms with Gasteiger partial charge in [0.25, 0.3) is 5.91 Å². The zero-order valence-electron chi connectivity index (χ0n) is 18.6. The molecule has 10 heteroatoms. The Hall–Kier alpha value is -4.99. The highest BCUT2D eigenvalue weighted by Crippen LogP contribution is 2.32. The lowest BCUT2D eigenvalue weighted by atomic mass is 10.1. The number of nitrogens with one attached hydrogen (secondary N) is 3. The normalized spacial score (nSPS) is 10.3. The maximum absolute atomic E-state index is 12.4. The van der Waals surface area contributed by atoms with Crippen LogP contribution in [0.1, 0.15) is 15.9 Å². The van der Waals surface area contributed by atoms with Crippen molar-refractivity contribution in [2.75, 3.05) is 17.7 Å². The van der Waals surface area contributed by atoms with E-state index in [4.69, 9.17) is 9.15 Å². The average Bonchev–Trinajstić information content (AvgIpc) is 3.42. The number of pyridine rings is 1. The van der Waals surface area contributed by atoms with Gasteiger partial charge in [0.15, 0.2) is 12.2 Å². The third-order valence-electron chi connectivity index (χ3n) is 4.94. The molecule has 0 atom stereocenters. The summed E-state index contributed by atoms with van der Waals surface area (Å²) in [5.41, 5.74) is 2.68. The summed E-state index contributed by atoms with van der Waals surface area (Å²) in [6, 6.07) is 15.0. The molecule has 35 heavy (non-hydrogen) atoms. The summed E-state index contributed by atoms with van der Waals surface area (Å²) in [6.45, 7) is 0.244. The number of amides is 3. The second-order valence-corrected chi connectivity index (χ2v) is 7.31. The van der Waals surface area contributed by atoms with Crippen LogP contribution in [-0.2, 0) is 16.1 Å². The second kappa shape index (κ2) is 10.8. The molecule has 2 aromatic carbocycles. The fraction of sp³-hybridized carbons (Fsp3) is 0.0800. The first-order valence-corrected chi connectivity index (χ1v) is 10.5. The summed E-state index contributed by atoms with van der Waals surface area (Å²) < 4.78 is 10.6. The lowest BCUT2D eigenvalue weighted by Crippen LogP contribution is -2.29. The molecule has 0 aliphatic carbocycles. The topological polar surface area (TPSA) is 135 Å². The maximum atomic E-state index is 12.4. The van der Waals surface area contributed by atoms with Crippen LogP contribution < -0.4 is 20.7 Å². The van der Waals surface area contributed by atoms with E-state index in [1.54, 1.807) is 60.8 Å². The third kappa shape index (κ3) is 5.88. The molecule has 4 aromatic rings. The van der Waals surface area contributed by atoms with Crippen molar-refractivity contribution in [3.63, 3.8) is 0 Å². The first-order valence-electron chi connectivity index (χ1n) is 10.5. The van der Waals surface area contributed by atoms with Gasteiger partial charge >= 0.3 is 11.8 Å². The van der Waals surface area contributed by atoms with Crippen LogP contribution >= 0.6 is 0 Å². The van der Waals surface area contributed by atoms with Crippen LogP contribution in [-0.4, -0.2) is 34.8 Å². The van der Waals surface area contributed by atoms with Crippen molar-refractivity contribution >= 4 is 29.1 Å². The Labute approximate surface area is 200 Å². The SMILES string of the molecule is COc1cc(NC(=O)C(=O)Nc2cccc(CNC(=O)c3ccncc3)c2)ccc1-c1cnco1. The van der Waals surface area contributed by atoms with E-state index in [0.29, 0.717) is 34.0 Å². The zero-order valence-corrected chi connectivity index (χ0v) is 18.6. The monoisotopic (exact) mass is 471 g/mol. The molecule has 0 fully saturated rings. The lowest BCUT2D eigenvalue weighted by molar-refractivity contribution is -0.132. The Bertz CT molecular complexity index is 1340. The molecule has 0 unspecified atom stereocenters. The van der Waals surface area contributed by atoms with E-state index in [1.807, 2.05) is 0 Å². The first-order chi connectivity index (χ1) is 17.0. The van der Waals surface area contributed by atoms with Gasteiger partial charge in [0.2, 0.25) is 0 Å². The minimum Gasteiger partial charge on any atom is -0.496 e. The maximum Gasteiger partial charge on any atom is 0.314 e. The highest BCUT2D eigenvalue weighted by molar-refractivity contribution is 6.43. The van der Waals surface area contributed by atoms with Gasteiger partial charge < -0.3 is 25.1 Å². The van der Waals surface area contributed by atoms with Gasteiger partial charge in [0.05, 0.1) is 18.9 Å². The number of ether oxygens (including phenoxy) is 1. The molecule has 0 saturated carbocycles. The molecule has 0 bridgehead atoms. The number of methoxy groups -OCH3 is 1. The van der Waals surface area contributed by atoms with Gasteiger partial charge in [-0.2, -0.15) is 0 Å². The number of hydrogen-bond donors (Lipinski definition) is 3. The number of oxazole rings is 1. The molecular formula is C25H21N5O5. The van der Waals surface area contributed by atoms with Crippen LogP contribution in [0, 0.1) is 0 Å². The van der Waals surface area contributed by atoms with Crippen molar-refractivity contribution in [2.24, 2.45) is 0 Å². The molecule has 0 aliphatic rings. The largest absolute Gasteiger partial charge is 0.496 e. The summed E-state index contributed by atoms with van der Waals surface area (Å²) in [5, 5.41) is 7.90. The molecule has 0 spiro atoms. The number of anilines is 2. The average molecular weight is 471 g/mol. The van der Waals surface area contributed by atoms with Gasteiger partial charge in [0, 0.05) is 41.9 Å². The smallest absolute Gasteiger partial charge is 0.314 e. The van der Waals surface area contributed by atoms with Gasteiger partial charge in [-0.05, 0) is 42.0 Å². The van der Waals surface area contributed by atoms with E-state index in [9.17, 15) is 14.4 Å². The summed E-state index contributed by atoms with van der Waals surface area (Å²) >= 11 is 0. The Morgan fingerprint density at radius 3 is 2.34 bits per heavy atom. The number of benzene rings is 2. The van der Waals surface area contributed by atoms with Gasteiger partial charge in [-0.15, -0.1) is 0 Å². The molecule has 0 saturated heterocycles. The van der Waals surface area contributed by atoms with Crippen LogP contribution in [0.2, 0.25) is 0 Å². The van der Waals surface area contributed by atoms with Crippen molar-refractivity contribution in [1.29, 1.82) is 0 Å². The summed E-state index contributed by atoms with van der Waals surface area (Å²) in [4.78, 5) is 44.8.